The lowest BCUT2D eigenvalue weighted by atomic mass is 10.1. The van der Waals surface area contributed by atoms with Crippen molar-refractivity contribution in [2.45, 2.75) is 57.8 Å². The van der Waals surface area contributed by atoms with Crippen LogP contribution < -0.4 is 4.74 Å². The van der Waals surface area contributed by atoms with Gasteiger partial charge in [-0.3, -0.25) is 4.79 Å². The average molecular weight is 328 g/mol. The van der Waals surface area contributed by atoms with Crippen molar-refractivity contribution >= 4 is 16.7 Å². The third kappa shape index (κ3) is 7.03. The predicted molar refractivity (Wildman–Crippen MR) is 98.6 cm³/mol. The zero-order chi connectivity index (χ0) is 17.0. The number of unbranched alkanes of at least 4 members (excludes halogenated alkanes) is 7. The zero-order valence-corrected chi connectivity index (χ0v) is 14.4. The molecular weight excluding hydrogens is 300 g/mol. The first-order chi connectivity index (χ1) is 11.8. The molecule has 0 saturated carbocycles. The number of fused-ring (bicyclic) bond motifs is 1. The molecule has 0 unspecified atom stereocenters. The Morgan fingerprint density at radius 2 is 1.42 bits per heavy atom. The second-order valence-electron chi connectivity index (χ2n) is 6.33. The molecule has 2 aromatic rings. The standard InChI is InChI=1S/C21H28O3/c22-21(23)13-7-5-3-1-2-4-6-10-16-24-20-15-14-18-11-8-9-12-19(18)17-20/h8-9,11-12,14-15,17H,1-7,10,13,16H2,(H,22,23). The van der Waals surface area contributed by atoms with Gasteiger partial charge in [-0.25, -0.2) is 0 Å². The van der Waals surface area contributed by atoms with Gasteiger partial charge in [-0.05, 0) is 35.7 Å². The second kappa shape index (κ2) is 10.7. The summed E-state index contributed by atoms with van der Waals surface area (Å²) >= 11 is 0. The van der Waals surface area contributed by atoms with E-state index in [1.54, 1.807) is 0 Å². The van der Waals surface area contributed by atoms with E-state index in [1.807, 2.05) is 12.1 Å². The van der Waals surface area contributed by atoms with Crippen molar-refractivity contribution in [3.63, 3.8) is 0 Å². The van der Waals surface area contributed by atoms with E-state index in [2.05, 4.69) is 30.3 Å². The number of carboxylic acids is 1. The van der Waals surface area contributed by atoms with Gasteiger partial charge in [0.15, 0.2) is 0 Å². The van der Waals surface area contributed by atoms with Gasteiger partial charge in [0.1, 0.15) is 5.75 Å². The molecule has 0 radical (unpaired) electrons. The molecule has 0 saturated heterocycles. The summed E-state index contributed by atoms with van der Waals surface area (Å²) in [5.41, 5.74) is 0. The van der Waals surface area contributed by atoms with Crippen LogP contribution >= 0.6 is 0 Å². The van der Waals surface area contributed by atoms with E-state index < -0.39 is 5.97 Å². The lowest BCUT2D eigenvalue weighted by Crippen LogP contribution is -1.97. The molecule has 24 heavy (non-hydrogen) atoms. The van der Waals surface area contributed by atoms with Crippen molar-refractivity contribution in [3.8, 4) is 5.75 Å². The molecule has 0 amide bonds. The van der Waals surface area contributed by atoms with E-state index in [9.17, 15) is 4.79 Å². The smallest absolute Gasteiger partial charge is 0.303 e. The number of benzene rings is 2. The quantitative estimate of drug-likeness (QED) is 0.500. The lowest BCUT2D eigenvalue weighted by molar-refractivity contribution is -0.137. The number of hydrogen-bond acceptors (Lipinski definition) is 2. The van der Waals surface area contributed by atoms with Crippen molar-refractivity contribution in [2.24, 2.45) is 0 Å². The van der Waals surface area contributed by atoms with Crippen LogP contribution in [0.15, 0.2) is 42.5 Å². The van der Waals surface area contributed by atoms with Crippen LogP contribution in [-0.4, -0.2) is 17.7 Å². The van der Waals surface area contributed by atoms with Crippen molar-refractivity contribution in [2.75, 3.05) is 6.61 Å². The van der Waals surface area contributed by atoms with E-state index in [1.165, 1.54) is 36.5 Å². The largest absolute Gasteiger partial charge is 0.494 e. The van der Waals surface area contributed by atoms with Crippen LogP contribution in [0.25, 0.3) is 10.8 Å². The summed E-state index contributed by atoms with van der Waals surface area (Å²) in [6.07, 6.45) is 9.29. The van der Waals surface area contributed by atoms with Gasteiger partial charge in [0.25, 0.3) is 0 Å². The van der Waals surface area contributed by atoms with Gasteiger partial charge in [0.2, 0.25) is 0 Å². The highest BCUT2D eigenvalue weighted by atomic mass is 16.5. The molecule has 0 atom stereocenters. The maximum absolute atomic E-state index is 10.4. The molecule has 0 fully saturated rings. The summed E-state index contributed by atoms with van der Waals surface area (Å²) in [7, 11) is 0. The maximum Gasteiger partial charge on any atom is 0.303 e. The number of carbonyl (C=O) groups is 1. The topological polar surface area (TPSA) is 46.5 Å². The van der Waals surface area contributed by atoms with E-state index >= 15 is 0 Å². The van der Waals surface area contributed by atoms with Gasteiger partial charge in [-0.2, -0.15) is 0 Å². The summed E-state index contributed by atoms with van der Waals surface area (Å²) in [6.45, 7) is 0.775. The number of hydrogen-bond donors (Lipinski definition) is 1. The molecule has 3 heteroatoms. The van der Waals surface area contributed by atoms with Gasteiger partial charge in [0, 0.05) is 6.42 Å². The second-order valence-corrected chi connectivity index (χ2v) is 6.33. The molecule has 0 spiro atoms. The molecule has 0 aliphatic rings. The summed E-state index contributed by atoms with van der Waals surface area (Å²) in [4.78, 5) is 10.4. The van der Waals surface area contributed by atoms with Crippen molar-refractivity contribution in [1.82, 2.24) is 0 Å². The molecule has 1 N–H and O–H groups in total. The number of aliphatic carboxylic acids is 1. The SMILES string of the molecule is O=C(O)CCCCCCCCCCOc1ccc2ccccc2c1. The van der Waals surface area contributed by atoms with Gasteiger partial charge in [-0.15, -0.1) is 0 Å². The molecule has 0 aliphatic heterocycles. The number of rotatable bonds is 12. The Morgan fingerprint density at radius 3 is 2.12 bits per heavy atom. The fourth-order valence-electron chi connectivity index (χ4n) is 2.89. The first kappa shape index (κ1) is 18.3. The summed E-state index contributed by atoms with van der Waals surface area (Å²) in [5, 5.41) is 11.0. The highest BCUT2D eigenvalue weighted by molar-refractivity contribution is 5.83. The minimum atomic E-state index is -0.679. The van der Waals surface area contributed by atoms with Crippen molar-refractivity contribution < 1.29 is 14.6 Å². The summed E-state index contributed by atoms with van der Waals surface area (Å²) < 4.78 is 5.84. The highest BCUT2D eigenvalue weighted by Crippen LogP contribution is 2.20. The Morgan fingerprint density at radius 1 is 0.792 bits per heavy atom. The molecule has 0 bridgehead atoms. The van der Waals surface area contributed by atoms with Crippen LogP contribution in [0, 0.1) is 0 Å². The van der Waals surface area contributed by atoms with E-state index in [-0.39, 0.29) is 0 Å². The molecule has 3 nitrogen and oxygen atoms in total. The Bertz CT molecular complexity index is 621. The van der Waals surface area contributed by atoms with Crippen LogP contribution in [-0.2, 0) is 4.79 Å². The monoisotopic (exact) mass is 328 g/mol. The molecule has 130 valence electrons. The van der Waals surface area contributed by atoms with Gasteiger partial charge >= 0.3 is 5.97 Å². The Hall–Kier alpha value is -2.03. The van der Waals surface area contributed by atoms with Crippen LogP contribution in [0.4, 0.5) is 0 Å². The third-order valence-electron chi connectivity index (χ3n) is 4.27. The molecular formula is C21H28O3. The first-order valence-corrected chi connectivity index (χ1v) is 9.09. The minimum absolute atomic E-state index is 0.312. The minimum Gasteiger partial charge on any atom is -0.494 e. The summed E-state index contributed by atoms with van der Waals surface area (Å²) in [5.74, 6) is 0.272. The van der Waals surface area contributed by atoms with Crippen LogP contribution in [0.1, 0.15) is 57.8 Å². The highest BCUT2D eigenvalue weighted by Gasteiger charge is 1.98. The van der Waals surface area contributed by atoms with Crippen molar-refractivity contribution in [3.05, 3.63) is 42.5 Å². The predicted octanol–water partition coefficient (Wildman–Crippen LogP) is 5.81. The van der Waals surface area contributed by atoms with Crippen LogP contribution in [0.3, 0.4) is 0 Å². The molecule has 2 aromatic carbocycles. The molecule has 0 aromatic heterocycles. The van der Waals surface area contributed by atoms with Gasteiger partial charge in [-0.1, -0.05) is 68.9 Å². The lowest BCUT2D eigenvalue weighted by Gasteiger charge is -2.07. The van der Waals surface area contributed by atoms with E-state index in [4.69, 9.17) is 9.84 Å². The number of carboxylic acid groups (broad SMARTS) is 1. The Kier molecular flexibility index (Phi) is 8.16. The summed E-state index contributed by atoms with van der Waals surface area (Å²) in [6, 6.07) is 14.6. The normalized spacial score (nSPS) is 10.8. The fourth-order valence-corrected chi connectivity index (χ4v) is 2.89. The van der Waals surface area contributed by atoms with Crippen LogP contribution in [0.2, 0.25) is 0 Å². The zero-order valence-electron chi connectivity index (χ0n) is 14.4. The molecule has 0 heterocycles. The van der Waals surface area contributed by atoms with E-state index in [0.29, 0.717) is 6.42 Å². The molecule has 0 aliphatic carbocycles. The third-order valence-corrected chi connectivity index (χ3v) is 4.27. The van der Waals surface area contributed by atoms with E-state index in [0.717, 1.165) is 38.0 Å². The maximum atomic E-state index is 10.4. The van der Waals surface area contributed by atoms with Gasteiger partial charge in [0.05, 0.1) is 6.61 Å². The first-order valence-electron chi connectivity index (χ1n) is 9.09. The Labute approximate surface area is 144 Å². The van der Waals surface area contributed by atoms with Crippen molar-refractivity contribution in [1.29, 1.82) is 0 Å². The van der Waals surface area contributed by atoms with Crippen LogP contribution in [0.5, 0.6) is 5.75 Å². The fraction of sp³-hybridized carbons (Fsp3) is 0.476. The Balaban J connectivity index is 1.48. The average Bonchev–Trinajstić information content (AvgIpc) is 2.59. The van der Waals surface area contributed by atoms with Gasteiger partial charge < -0.3 is 9.84 Å². The molecule has 2 rings (SSSR count). The number of ether oxygens (including phenoxy) is 1.